The second-order valence-electron chi connectivity index (χ2n) is 6.20. The minimum Gasteiger partial charge on any atom is -0.376 e. The molecule has 0 spiro atoms. The lowest BCUT2D eigenvalue weighted by molar-refractivity contribution is -0.118. The van der Waals surface area contributed by atoms with Gasteiger partial charge in [-0.15, -0.1) is 0 Å². The number of carbonyl (C=O) groups excluding carboxylic acids is 1. The van der Waals surface area contributed by atoms with Crippen molar-refractivity contribution in [3.63, 3.8) is 0 Å². The molecule has 0 radical (unpaired) electrons. The standard InChI is InChI=1S/C19H26N4O/c1-2-23(13-10-16-8-11-21-12-9-16)15-17(14-20)19(24)22-18-6-4-3-5-7-18/h8-9,11-12,15,18H,2-7,10,13H2,1H3,(H,22,24)/b17-15-. The van der Waals surface area contributed by atoms with E-state index in [9.17, 15) is 10.1 Å². The predicted octanol–water partition coefficient (Wildman–Crippen LogP) is 2.80. The highest BCUT2D eigenvalue weighted by Gasteiger charge is 2.18. The summed E-state index contributed by atoms with van der Waals surface area (Å²) in [6.45, 7) is 3.55. The van der Waals surface area contributed by atoms with Crippen molar-refractivity contribution in [2.45, 2.75) is 51.5 Å². The van der Waals surface area contributed by atoms with Crippen LogP contribution in [0.1, 0.15) is 44.6 Å². The first-order valence-corrected chi connectivity index (χ1v) is 8.78. The van der Waals surface area contributed by atoms with Crippen molar-refractivity contribution in [1.82, 2.24) is 15.2 Å². The molecule has 0 bridgehead atoms. The number of amides is 1. The largest absolute Gasteiger partial charge is 0.376 e. The van der Waals surface area contributed by atoms with Gasteiger partial charge in [0.15, 0.2) is 0 Å². The van der Waals surface area contributed by atoms with Crippen LogP contribution < -0.4 is 5.32 Å². The summed E-state index contributed by atoms with van der Waals surface area (Å²) in [4.78, 5) is 18.4. The van der Waals surface area contributed by atoms with Crippen LogP contribution in [0.5, 0.6) is 0 Å². The van der Waals surface area contributed by atoms with Crippen molar-refractivity contribution >= 4 is 5.91 Å². The third-order valence-electron chi connectivity index (χ3n) is 4.46. The molecule has 5 nitrogen and oxygen atoms in total. The molecule has 1 saturated carbocycles. The Hall–Kier alpha value is -2.35. The Balaban J connectivity index is 1.92. The average Bonchev–Trinajstić information content (AvgIpc) is 2.63. The number of pyridine rings is 1. The van der Waals surface area contributed by atoms with Crippen LogP contribution in [0.4, 0.5) is 0 Å². The van der Waals surface area contributed by atoms with Gasteiger partial charge >= 0.3 is 0 Å². The first kappa shape index (κ1) is 18.0. The van der Waals surface area contributed by atoms with Crippen molar-refractivity contribution in [2.75, 3.05) is 13.1 Å². The number of hydrogen-bond donors (Lipinski definition) is 1. The highest BCUT2D eigenvalue weighted by atomic mass is 16.1. The Morgan fingerprint density at radius 3 is 2.71 bits per heavy atom. The van der Waals surface area contributed by atoms with Crippen LogP contribution in [0.2, 0.25) is 0 Å². The molecule has 0 aliphatic heterocycles. The zero-order valence-corrected chi connectivity index (χ0v) is 14.4. The van der Waals surface area contributed by atoms with Crippen molar-refractivity contribution in [2.24, 2.45) is 0 Å². The average molecular weight is 326 g/mol. The van der Waals surface area contributed by atoms with Gasteiger partial charge in [0.25, 0.3) is 5.91 Å². The zero-order valence-electron chi connectivity index (χ0n) is 14.4. The fourth-order valence-electron chi connectivity index (χ4n) is 2.97. The van der Waals surface area contributed by atoms with E-state index in [0.29, 0.717) is 0 Å². The Labute approximate surface area is 144 Å². The van der Waals surface area contributed by atoms with E-state index in [1.54, 1.807) is 18.6 Å². The number of nitrogens with zero attached hydrogens (tertiary/aromatic N) is 3. The molecule has 0 atom stereocenters. The smallest absolute Gasteiger partial charge is 0.263 e. The maximum absolute atomic E-state index is 12.3. The summed E-state index contributed by atoms with van der Waals surface area (Å²) in [7, 11) is 0. The number of nitriles is 1. The van der Waals surface area contributed by atoms with E-state index in [4.69, 9.17) is 0 Å². The van der Waals surface area contributed by atoms with Crippen molar-refractivity contribution in [3.05, 3.63) is 41.9 Å². The summed E-state index contributed by atoms with van der Waals surface area (Å²) in [6.07, 6.45) is 11.7. The van der Waals surface area contributed by atoms with E-state index >= 15 is 0 Å². The Morgan fingerprint density at radius 2 is 2.08 bits per heavy atom. The van der Waals surface area contributed by atoms with Crippen LogP contribution in [0, 0.1) is 11.3 Å². The molecule has 1 fully saturated rings. The lowest BCUT2D eigenvalue weighted by atomic mass is 9.95. The van der Waals surface area contributed by atoms with Gasteiger partial charge in [-0.25, -0.2) is 0 Å². The molecule has 24 heavy (non-hydrogen) atoms. The van der Waals surface area contributed by atoms with Gasteiger partial charge in [-0.05, 0) is 43.9 Å². The van der Waals surface area contributed by atoms with E-state index in [1.165, 1.54) is 12.0 Å². The first-order chi connectivity index (χ1) is 11.7. The van der Waals surface area contributed by atoms with Crippen LogP contribution in [0.25, 0.3) is 0 Å². The van der Waals surface area contributed by atoms with Gasteiger partial charge in [0, 0.05) is 37.7 Å². The summed E-state index contributed by atoms with van der Waals surface area (Å²) in [5.74, 6) is -0.244. The molecule has 0 saturated heterocycles. The molecule has 0 unspecified atom stereocenters. The van der Waals surface area contributed by atoms with Gasteiger partial charge in [0.05, 0.1) is 0 Å². The second-order valence-corrected chi connectivity index (χ2v) is 6.20. The van der Waals surface area contributed by atoms with E-state index in [-0.39, 0.29) is 17.5 Å². The molecule has 1 aromatic heterocycles. The van der Waals surface area contributed by atoms with Gasteiger partial charge in [0.1, 0.15) is 11.6 Å². The monoisotopic (exact) mass is 326 g/mol. The number of likely N-dealkylation sites (N-methyl/N-ethyl adjacent to an activating group) is 1. The molecule has 1 aliphatic carbocycles. The summed E-state index contributed by atoms with van der Waals surface area (Å²) < 4.78 is 0. The fourth-order valence-corrected chi connectivity index (χ4v) is 2.97. The zero-order chi connectivity index (χ0) is 17.2. The maximum atomic E-state index is 12.3. The van der Waals surface area contributed by atoms with Crippen LogP contribution in [0.15, 0.2) is 36.3 Å². The molecule has 1 heterocycles. The van der Waals surface area contributed by atoms with Crippen molar-refractivity contribution in [3.8, 4) is 6.07 Å². The third kappa shape index (κ3) is 5.69. The number of carbonyl (C=O) groups is 1. The highest BCUT2D eigenvalue weighted by molar-refractivity contribution is 5.97. The van der Waals surface area contributed by atoms with Gasteiger partial charge in [-0.1, -0.05) is 19.3 Å². The normalized spacial score (nSPS) is 15.6. The lowest BCUT2D eigenvalue weighted by Crippen LogP contribution is -2.37. The Kier molecular flexibility index (Phi) is 7.28. The first-order valence-electron chi connectivity index (χ1n) is 8.78. The summed E-state index contributed by atoms with van der Waals surface area (Å²) in [5, 5.41) is 12.4. The molecule has 1 N–H and O–H groups in total. The van der Waals surface area contributed by atoms with Gasteiger partial charge in [0.2, 0.25) is 0 Å². The summed E-state index contributed by atoms with van der Waals surface area (Å²) in [5.41, 5.74) is 1.39. The Bertz CT molecular complexity index is 585. The quantitative estimate of drug-likeness (QED) is 0.618. The molecule has 1 amide bonds. The molecule has 1 aliphatic rings. The Morgan fingerprint density at radius 1 is 1.38 bits per heavy atom. The van der Waals surface area contributed by atoms with Crippen LogP contribution in [-0.2, 0) is 11.2 Å². The minimum absolute atomic E-state index is 0.192. The molecule has 1 aromatic rings. The molecular weight excluding hydrogens is 300 g/mol. The fraction of sp³-hybridized carbons (Fsp3) is 0.526. The maximum Gasteiger partial charge on any atom is 0.263 e. The SMILES string of the molecule is CCN(/C=C(/C#N)C(=O)NC1CCCCC1)CCc1ccncc1. The number of nitrogens with one attached hydrogen (secondary N) is 1. The molecular formula is C19H26N4O. The number of rotatable bonds is 7. The minimum atomic E-state index is -0.244. The van der Waals surface area contributed by atoms with Crippen molar-refractivity contribution in [1.29, 1.82) is 5.26 Å². The lowest BCUT2D eigenvalue weighted by Gasteiger charge is -2.23. The summed E-state index contributed by atoms with van der Waals surface area (Å²) in [6, 6.07) is 6.24. The van der Waals surface area contributed by atoms with E-state index in [2.05, 4.69) is 16.4 Å². The molecule has 5 heteroatoms. The van der Waals surface area contributed by atoms with E-state index < -0.39 is 0 Å². The number of hydrogen-bond acceptors (Lipinski definition) is 4. The van der Waals surface area contributed by atoms with Gasteiger partial charge in [-0.2, -0.15) is 5.26 Å². The van der Waals surface area contributed by atoms with E-state index in [1.807, 2.05) is 24.0 Å². The van der Waals surface area contributed by atoms with Crippen LogP contribution >= 0.6 is 0 Å². The highest BCUT2D eigenvalue weighted by Crippen LogP contribution is 2.17. The van der Waals surface area contributed by atoms with Crippen molar-refractivity contribution < 1.29 is 4.79 Å². The van der Waals surface area contributed by atoms with Gasteiger partial charge in [-0.3, -0.25) is 9.78 Å². The van der Waals surface area contributed by atoms with Gasteiger partial charge < -0.3 is 10.2 Å². The topological polar surface area (TPSA) is 69.0 Å². The van der Waals surface area contributed by atoms with Crippen LogP contribution in [0.3, 0.4) is 0 Å². The predicted molar refractivity (Wildman–Crippen MR) is 93.9 cm³/mol. The second kappa shape index (κ2) is 9.71. The molecule has 0 aromatic carbocycles. The number of aromatic nitrogens is 1. The summed E-state index contributed by atoms with van der Waals surface area (Å²) >= 11 is 0. The van der Waals surface area contributed by atoms with E-state index in [0.717, 1.165) is 45.2 Å². The molecule has 2 rings (SSSR count). The van der Waals surface area contributed by atoms with Crippen LogP contribution in [-0.4, -0.2) is 34.9 Å². The third-order valence-corrected chi connectivity index (χ3v) is 4.46. The molecule has 128 valence electrons.